The van der Waals surface area contributed by atoms with Gasteiger partial charge in [-0.15, -0.1) is 0 Å². The monoisotopic (exact) mass is 276 g/mol. The molecule has 20 heavy (non-hydrogen) atoms. The van der Waals surface area contributed by atoms with Crippen molar-refractivity contribution < 1.29 is 14.6 Å². The van der Waals surface area contributed by atoms with E-state index in [1.54, 1.807) is 12.1 Å². The second kappa shape index (κ2) is 5.34. The van der Waals surface area contributed by atoms with E-state index in [-0.39, 0.29) is 12.0 Å². The van der Waals surface area contributed by atoms with E-state index in [9.17, 15) is 9.59 Å². The van der Waals surface area contributed by atoms with Crippen LogP contribution in [0.4, 0.5) is 0 Å². The Morgan fingerprint density at radius 2 is 2.20 bits per heavy atom. The zero-order valence-electron chi connectivity index (χ0n) is 11.3. The number of fused-ring (bicyclic) bond motifs is 1. The zero-order chi connectivity index (χ0) is 14.9. The molecule has 2 rings (SSSR count). The lowest BCUT2D eigenvalue weighted by atomic mass is 10.0. The number of methoxy groups -OCH3 is 1. The molecule has 1 atom stereocenters. The molecular formula is C14H16N2O4. The molecule has 1 aromatic carbocycles. The van der Waals surface area contributed by atoms with Crippen LogP contribution in [0.2, 0.25) is 0 Å². The fourth-order valence-corrected chi connectivity index (χ4v) is 2.10. The number of aryl methyl sites for hydroxylation is 1. The number of ether oxygens (including phenoxy) is 1. The number of rotatable bonds is 4. The van der Waals surface area contributed by atoms with Gasteiger partial charge in [-0.25, -0.2) is 0 Å². The Hall–Kier alpha value is -2.34. The summed E-state index contributed by atoms with van der Waals surface area (Å²) >= 11 is 0. The molecule has 4 N–H and O–H groups in total. The van der Waals surface area contributed by atoms with Crippen molar-refractivity contribution in [2.24, 2.45) is 5.73 Å². The van der Waals surface area contributed by atoms with Gasteiger partial charge in [-0.3, -0.25) is 9.59 Å². The molecular weight excluding hydrogens is 260 g/mol. The van der Waals surface area contributed by atoms with Gasteiger partial charge in [0.05, 0.1) is 12.6 Å². The van der Waals surface area contributed by atoms with Crippen LogP contribution in [0.5, 0.6) is 5.75 Å². The minimum absolute atomic E-state index is 0.0166. The minimum atomic E-state index is -1.13. The molecule has 0 aliphatic rings. The van der Waals surface area contributed by atoms with Crippen molar-refractivity contribution in [3.63, 3.8) is 0 Å². The van der Waals surface area contributed by atoms with Crippen LogP contribution >= 0.6 is 0 Å². The van der Waals surface area contributed by atoms with Gasteiger partial charge in [0.2, 0.25) is 0 Å². The molecule has 106 valence electrons. The van der Waals surface area contributed by atoms with Gasteiger partial charge in [0, 0.05) is 17.4 Å². The van der Waals surface area contributed by atoms with Crippen LogP contribution in [-0.2, 0) is 11.2 Å². The Morgan fingerprint density at radius 1 is 1.50 bits per heavy atom. The van der Waals surface area contributed by atoms with Gasteiger partial charge in [-0.2, -0.15) is 0 Å². The van der Waals surface area contributed by atoms with E-state index in [4.69, 9.17) is 15.6 Å². The summed E-state index contributed by atoms with van der Waals surface area (Å²) in [7, 11) is 1.52. The average molecular weight is 276 g/mol. The quantitative estimate of drug-likeness (QED) is 0.766. The van der Waals surface area contributed by atoms with E-state index in [1.165, 1.54) is 7.11 Å². The highest BCUT2D eigenvalue weighted by Gasteiger charge is 2.16. The fraction of sp³-hybridized carbons (Fsp3) is 0.286. The Labute approximate surface area is 115 Å². The number of carboxylic acids is 1. The number of nitrogens with two attached hydrogens (primary N) is 1. The summed E-state index contributed by atoms with van der Waals surface area (Å²) in [5, 5.41) is 9.64. The maximum Gasteiger partial charge on any atom is 0.320 e. The van der Waals surface area contributed by atoms with Crippen LogP contribution < -0.4 is 16.0 Å². The van der Waals surface area contributed by atoms with Gasteiger partial charge in [0.25, 0.3) is 5.56 Å². The summed E-state index contributed by atoms with van der Waals surface area (Å²) in [6.07, 6.45) is -0.0166. The first kappa shape index (κ1) is 14.1. The van der Waals surface area contributed by atoms with Crippen molar-refractivity contribution in [3.05, 3.63) is 39.7 Å². The highest BCUT2D eigenvalue weighted by molar-refractivity contribution is 5.87. The van der Waals surface area contributed by atoms with E-state index in [0.717, 1.165) is 10.9 Å². The second-order valence-electron chi connectivity index (χ2n) is 4.65. The SMILES string of the molecule is COc1ccc(C)c2cc(CC(N)C(=O)O)c(=O)[nH]c12. The van der Waals surface area contributed by atoms with E-state index < -0.39 is 12.0 Å². The molecule has 6 heteroatoms. The summed E-state index contributed by atoms with van der Waals surface area (Å²) < 4.78 is 5.21. The number of nitrogens with one attached hydrogen (secondary N) is 1. The van der Waals surface area contributed by atoms with Crippen molar-refractivity contribution in [3.8, 4) is 5.75 Å². The number of carbonyl (C=O) groups is 1. The number of aliphatic carboxylic acids is 1. The van der Waals surface area contributed by atoms with Crippen molar-refractivity contribution in [2.45, 2.75) is 19.4 Å². The molecule has 0 fully saturated rings. The third-order valence-corrected chi connectivity index (χ3v) is 3.25. The van der Waals surface area contributed by atoms with E-state index in [0.29, 0.717) is 16.8 Å². The van der Waals surface area contributed by atoms with Crippen LogP contribution in [0, 0.1) is 6.92 Å². The van der Waals surface area contributed by atoms with Crippen molar-refractivity contribution >= 4 is 16.9 Å². The third kappa shape index (κ3) is 2.50. The Morgan fingerprint density at radius 3 is 2.80 bits per heavy atom. The molecule has 0 bridgehead atoms. The number of benzene rings is 1. The average Bonchev–Trinajstić information content (AvgIpc) is 2.40. The summed E-state index contributed by atoms with van der Waals surface area (Å²) in [6.45, 7) is 1.90. The molecule has 1 aromatic heterocycles. The smallest absolute Gasteiger partial charge is 0.320 e. The van der Waals surface area contributed by atoms with Crippen molar-refractivity contribution in [1.82, 2.24) is 4.98 Å². The van der Waals surface area contributed by atoms with E-state index >= 15 is 0 Å². The van der Waals surface area contributed by atoms with Gasteiger partial charge >= 0.3 is 5.97 Å². The van der Waals surface area contributed by atoms with Gasteiger partial charge in [0.15, 0.2) is 0 Å². The first-order valence-corrected chi connectivity index (χ1v) is 6.12. The lowest BCUT2D eigenvalue weighted by Gasteiger charge is -2.11. The molecule has 0 radical (unpaired) electrons. The largest absolute Gasteiger partial charge is 0.495 e. The van der Waals surface area contributed by atoms with Crippen LogP contribution in [-0.4, -0.2) is 29.2 Å². The minimum Gasteiger partial charge on any atom is -0.495 e. The summed E-state index contributed by atoms with van der Waals surface area (Å²) in [4.78, 5) is 25.5. The zero-order valence-corrected chi connectivity index (χ0v) is 11.3. The van der Waals surface area contributed by atoms with Gasteiger partial charge in [-0.1, -0.05) is 6.07 Å². The summed E-state index contributed by atoms with van der Waals surface area (Å²) in [5.74, 6) is -0.566. The Kier molecular flexibility index (Phi) is 3.76. The number of hydrogen-bond donors (Lipinski definition) is 3. The van der Waals surface area contributed by atoms with E-state index in [2.05, 4.69) is 4.98 Å². The number of carboxylic acid groups (broad SMARTS) is 1. The predicted octanol–water partition coefficient (Wildman–Crippen LogP) is 0.800. The molecule has 0 spiro atoms. The van der Waals surface area contributed by atoms with Crippen LogP contribution in [0.3, 0.4) is 0 Å². The number of hydrogen-bond acceptors (Lipinski definition) is 4. The molecule has 1 heterocycles. The van der Waals surface area contributed by atoms with Crippen LogP contribution in [0.25, 0.3) is 10.9 Å². The topological polar surface area (TPSA) is 105 Å². The lowest BCUT2D eigenvalue weighted by molar-refractivity contribution is -0.138. The molecule has 1 unspecified atom stereocenters. The van der Waals surface area contributed by atoms with Crippen molar-refractivity contribution in [2.75, 3.05) is 7.11 Å². The van der Waals surface area contributed by atoms with Crippen LogP contribution in [0.15, 0.2) is 23.0 Å². The van der Waals surface area contributed by atoms with Crippen molar-refractivity contribution in [1.29, 1.82) is 0 Å². The number of pyridine rings is 1. The molecule has 0 saturated heterocycles. The molecule has 0 amide bonds. The normalized spacial score (nSPS) is 12.3. The maximum atomic E-state index is 12.0. The standard InChI is InChI=1S/C14H16N2O4/c1-7-3-4-11(20-2)12-9(7)5-8(13(17)16-12)6-10(15)14(18)19/h3-5,10H,6,15H2,1-2H3,(H,16,17)(H,18,19). The molecule has 2 aromatic rings. The third-order valence-electron chi connectivity index (χ3n) is 3.25. The van der Waals surface area contributed by atoms with Gasteiger partial charge in [-0.05, 0) is 24.6 Å². The second-order valence-corrected chi connectivity index (χ2v) is 4.65. The predicted molar refractivity (Wildman–Crippen MR) is 75.2 cm³/mol. The van der Waals surface area contributed by atoms with Crippen LogP contribution in [0.1, 0.15) is 11.1 Å². The Balaban J connectivity index is 2.60. The molecule has 0 aliphatic carbocycles. The first-order valence-electron chi connectivity index (χ1n) is 6.12. The fourth-order valence-electron chi connectivity index (χ4n) is 2.10. The molecule has 0 saturated carbocycles. The molecule has 0 aliphatic heterocycles. The number of aromatic nitrogens is 1. The summed E-state index contributed by atoms with van der Waals surface area (Å²) in [6, 6.07) is 4.23. The van der Waals surface area contributed by atoms with Gasteiger partial charge < -0.3 is 20.6 Å². The van der Waals surface area contributed by atoms with E-state index in [1.807, 2.05) is 13.0 Å². The molecule has 6 nitrogen and oxygen atoms in total. The maximum absolute atomic E-state index is 12.0. The number of H-pyrrole nitrogens is 1. The number of aromatic amines is 1. The highest BCUT2D eigenvalue weighted by atomic mass is 16.5. The highest BCUT2D eigenvalue weighted by Crippen LogP contribution is 2.25. The Bertz CT molecular complexity index is 721. The lowest BCUT2D eigenvalue weighted by Crippen LogP contribution is -2.34. The summed E-state index contributed by atoms with van der Waals surface area (Å²) in [5.41, 5.74) is 7.04. The first-order chi connectivity index (χ1) is 9.43. The van der Waals surface area contributed by atoms with Gasteiger partial charge in [0.1, 0.15) is 11.8 Å².